The van der Waals surface area contributed by atoms with Crippen molar-refractivity contribution in [3.8, 4) is 0 Å². The van der Waals surface area contributed by atoms with E-state index in [4.69, 9.17) is 16.9 Å². The van der Waals surface area contributed by atoms with E-state index in [1.165, 1.54) is 15.8 Å². The SMILES string of the molecule is CN1C=C(N)CN1C(=O)Nc1cc(C(=O)NCCC(=N)N)n(C)n1.Cl.Cl. The van der Waals surface area contributed by atoms with E-state index >= 15 is 0 Å². The molecule has 1 aliphatic heterocycles. The van der Waals surface area contributed by atoms with Gasteiger partial charge in [0.2, 0.25) is 0 Å². The van der Waals surface area contributed by atoms with E-state index in [0.717, 1.165) is 0 Å². The molecule has 1 aromatic rings. The zero-order chi connectivity index (χ0) is 17.9. The molecule has 0 aromatic carbocycles. The lowest BCUT2D eigenvalue weighted by Crippen LogP contribution is -2.41. The van der Waals surface area contributed by atoms with Crippen LogP contribution in [-0.2, 0) is 7.05 Å². The standard InChI is InChI=1S/C13H21N9O2.2ClH/c1-20-6-8(14)7-22(20)13(24)18-11-5-9(21(2)19-11)12(23)17-4-3-10(15)16;;/h5-6H,3-4,7,14H2,1-2H3,(H3,15,16)(H,17,23)(H,18,19,24);2*1H. The summed E-state index contributed by atoms with van der Waals surface area (Å²) in [6, 6.07) is 1.06. The van der Waals surface area contributed by atoms with Crippen LogP contribution in [0.1, 0.15) is 16.9 Å². The Labute approximate surface area is 163 Å². The minimum Gasteiger partial charge on any atom is -0.399 e. The predicted octanol–water partition coefficient (Wildman–Crippen LogP) is -0.186. The third-order valence-electron chi connectivity index (χ3n) is 3.33. The third-order valence-corrected chi connectivity index (χ3v) is 3.33. The summed E-state index contributed by atoms with van der Waals surface area (Å²) in [7, 11) is 3.29. The summed E-state index contributed by atoms with van der Waals surface area (Å²) in [5, 5.41) is 19.4. The number of carbonyl (C=O) groups is 2. The smallest absolute Gasteiger partial charge is 0.342 e. The van der Waals surface area contributed by atoms with E-state index in [9.17, 15) is 9.59 Å². The van der Waals surface area contributed by atoms with Gasteiger partial charge < -0.3 is 16.8 Å². The first-order chi connectivity index (χ1) is 11.3. The molecule has 13 heteroatoms. The number of aromatic nitrogens is 2. The number of hydrogen-bond donors (Lipinski definition) is 5. The minimum absolute atomic E-state index is 0. The Morgan fingerprint density at radius 3 is 2.54 bits per heavy atom. The Morgan fingerprint density at radius 1 is 1.35 bits per heavy atom. The van der Waals surface area contributed by atoms with Crippen molar-refractivity contribution in [3.05, 3.63) is 23.7 Å². The second kappa shape index (κ2) is 9.73. The van der Waals surface area contributed by atoms with Crippen LogP contribution in [0.4, 0.5) is 10.6 Å². The van der Waals surface area contributed by atoms with Crippen LogP contribution in [0.3, 0.4) is 0 Å². The second-order valence-electron chi connectivity index (χ2n) is 5.34. The topological polar surface area (TPSA) is 158 Å². The summed E-state index contributed by atoms with van der Waals surface area (Å²) in [5.74, 6) is -0.120. The maximum absolute atomic E-state index is 12.2. The van der Waals surface area contributed by atoms with E-state index in [0.29, 0.717) is 5.70 Å². The van der Waals surface area contributed by atoms with Crippen molar-refractivity contribution >= 4 is 48.4 Å². The van der Waals surface area contributed by atoms with Gasteiger partial charge in [-0.3, -0.25) is 25.2 Å². The molecule has 2 heterocycles. The number of aryl methyl sites for hydroxylation is 1. The number of rotatable bonds is 5. The van der Waals surface area contributed by atoms with E-state index in [1.807, 2.05) is 0 Å². The summed E-state index contributed by atoms with van der Waals surface area (Å²) < 4.78 is 1.36. The molecule has 2 rings (SSSR count). The van der Waals surface area contributed by atoms with Gasteiger partial charge in [-0.25, -0.2) is 9.80 Å². The number of hydrogen-bond acceptors (Lipinski definition) is 6. The van der Waals surface area contributed by atoms with Crippen molar-refractivity contribution < 1.29 is 9.59 Å². The molecule has 0 atom stereocenters. The van der Waals surface area contributed by atoms with E-state index in [2.05, 4.69) is 15.7 Å². The molecule has 7 N–H and O–H groups in total. The van der Waals surface area contributed by atoms with Gasteiger partial charge >= 0.3 is 6.03 Å². The van der Waals surface area contributed by atoms with Gasteiger partial charge in [-0.2, -0.15) is 5.10 Å². The summed E-state index contributed by atoms with van der Waals surface area (Å²) in [5.41, 5.74) is 11.8. The highest BCUT2D eigenvalue weighted by molar-refractivity contribution is 5.95. The van der Waals surface area contributed by atoms with Crippen molar-refractivity contribution in [2.75, 3.05) is 25.5 Å². The highest BCUT2D eigenvalue weighted by Crippen LogP contribution is 2.13. The maximum atomic E-state index is 12.2. The van der Waals surface area contributed by atoms with Gasteiger partial charge in [-0.1, -0.05) is 0 Å². The Hall–Kier alpha value is -2.66. The highest BCUT2D eigenvalue weighted by Gasteiger charge is 2.24. The molecular weight excluding hydrogens is 385 g/mol. The molecule has 0 bridgehead atoms. The second-order valence-corrected chi connectivity index (χ2v) is 5.34. The first-order valence-electron chi connectivity index (χ1n) is 7.20. The fourth-order valence-corrected chi connectivity index (χ4v) is 2.17. The molecule has 11 nitrogen and oxygen atoms in total. The first kappa shape index (κ1) is 23.3. The predicted molar refractivity (Wildman–Crippen MR) is 102 cm³/mol. The van der Waals surface area contributed by atoms with E-state index in [-0.39, 0.29) is 67.6 Å². The average molecular weight is 408 g/mol. The van der Waals surface area contributed by atoms with Crippen molar-refractivity contribution in [3.63, 3.8) is 0 Å². The Kier molecular flexibility index (Phi) is 8.73. The van der Waals surface area contributed by atoms with Crippen LogP contribution >= 0.6 is 24.8 Å². The highest BCUT2D eigenvalue weighted by atomic mass is 35.5. The fourth-order valence-electron chi connectivity index (χ4n) is 2.17. The normalized spacial score (nSPS) is 12.6. The molecule has 1 aromatic heterocycles. The van der Waals surface area contributed by atoms with Gasteiger partial charge in [-0.15, -0.1) is 24.8 Å². The molecule has 0 aliphatic carbocycles. The van der Waals surface area contributed by atoms with Gasteiger partial charge in [-0.05, 0) is 0 Å². The van der Waals surface area contributed by atoms with Crippen LogP contribution in [0.25, 0.3) is 0 Å². The minimum atomic E-state index is -0.407. The van der Waals surface area contributed by atoms with Gasteiger partial charge in [0.15, 0.2) is 5.82 Å². The van der Waals surface area contributed by atoms with Crippen LogP contribution in [0.15, 0.2) is 18.0 Å². The number of amides is 3. The molecule has 0 saturated carbocycles. The van der Waals surface area contributed by atoms with E-state index < -0.39 is 6.03 Å². The number of hydrazine groups is 1. The number of amidine groups is 1. The number of urea groups is 1. The summed E-state index contributed by atoms with van der Waals surface area (Å²) in [6.07, 6.45) is 1.91. The Balaban J connectivity index is 0.00000312. The Morgan fingerprint density at radius 2 is 2.00 bits per heavy atom. The number of carbonyl (C=O) groups excluding carboxylic acids is 2. The summed E-state index contributed by atoms with van der Waals surface area (Å²) in [6.45, 7) is 0.540. The number of halogens is 2. The van der Waals surface area contributed by atoms with Crippen LogP contribution in [0.5, 0.6) is 0 Å². The lowest BCUT2D eigenvalue weighted by atomic mass is 10.3. The van der Waals surface area contributed by atoms with E-state index in [1.54, 1.807) is 25.3 Å². The summed E-state index contributed by atoms with van der Waals surface area (Å²) in [4.78, 5) is 24.3. The van der Waals surface area contributed by atoms with Crippen molar-refractivity contribution in [1.29, 1.82) is 5.41 Å². The van der Waals surface area contributed by atoms with Crippen LogP contribution in [0.2, 0.25) is 0 Å². The van der Waals surface area contributed by atoms with Crippen molar-refractivity contribution in [2.24, 2.45) is 18.5 Å². The van der Waals surface area contributed by atoms with Gasteiger partial charge in [0.05, 0.1) is 12.4 Å². The summed E-state index contributed by atoms with van der Waals surface area (Å²) >= 11 is 0. The lowest BCUT2D eigenvalue weighted by molar-refractivity contribution is 0.0945. The molecule has 0 fully saturated rings. The molecule has 0 spiro atoms. The Bertz CT molecular complexity index is 704. The molecule has 26 heavy (non-hydrogen) atoms. The lowest BCUT2D eigenvalue weighted by Gasteiger charge is -2.24. The number of nitrogens with two attached hydrogens (primary N) is 2. The zero-order valence-electron chi connectivity index (χ0n) is 14.4. The quantitative estimate of drug-likeness (QED) is 0.336. The molecule has 0 radical (unpaired) electrons. The average Bonchev–Trinajstić information content (AvgIpc) is 3.00. The van der Waals surface area contributed by atoms with Gasteiger partial charge in [0.25, 0.3) is 5.91 Å². The number of anilines is 1. The van der Waals surface area contributed by atoms with Crippen LogP contribution in [-0.4, -0.2) is 57.7 Å². The van der Waals surface area contributed by atoms with Crippen LogP contribution < -0.4 is 22.1 Å². The first-order valence-corrected chi connectivity index (χ1v) is 7.20. The fraction of sp³-hybridized carbons (Fsp3) is 0.385. The van der Waals surface area contributed by atoms with Crippen LogP contribution in [0, 0.1) is 5.41 Å². The monoisotopic (exact) mass is 407 g/mol. The van der Waals surface area contributed by atoms with Gasteiger partial charge in [0.1, 0.15) is 5.69 Å². The molecule has 1 aliphatic rings. The zero-order valence-corrected chi connectivity index (χ0v) is 16.0. The van der Waals surface area contributed by atoms with Crippen molar-refractivity contribution in [1.82, 2.24) is 25.1 Å². The molecule has 0 unspecified atom stereocenters. The third kappa shape index (κ3) is 5.70. The van der Waals surface area contributed by atoms with Crippen molar-refractivity contribution in [2.45, 2.75) is 6.42 Å². The largest absolute Gasteiger partial charge is 0.399 e. The van der Waals surface area contributed by atoms with Gasteiger partial charge in [0, 0.05) is 45.0 Å². The molecular formula is C13H23Cl2N9O2. The molecule has 3 amide bonds. The molecule has 0 saturated heterocycles. The number of nitrogens with zero attached hydrogens (tertiary/aromatic N) is 4. The number of nitrogens with one attached hydrogen (secondary N) is 3. The molecule has 146 valence electrons. The maximum Gasteiger partial charge on any atom is 0.342 e.